The van der Waals surface area contributed by atoms with E-state index < -0.39 is 0 Å². The van der Waals surface area contributed by atoms with Crippen molar-refractivity contribution >= 4 is 5.91 Å². The summed E-state index contributed by atoms with van der Waals surface area (Å²) in [5.74, 6) is 2.76. The lowest BCUT2D eigenvalue weighted by molar-refractivity contribution is -0.136. The Morgan fingerprint density at radius 2 is 2.20 bits per heavy atom. The number of furan rings is 1. The van der Waals surface area contributed by atoms with Gasteiger partial charge in [0.1, 0.15) is 11.5 Å². The van der Waals surface area contributed by atoms with E-state index in [4.69, 9.17) is 4.42 Å². The molecule has 1 saturated heterocycles. The molecule has 0 radical (unpaired) electrons. The van der Waals surface area contributed by atoms with Crippen molar-refractivity contribution in [3.05, 3.63) is 41.1 Å². The molecular formula is C20H29N3O2. The second-order valence-corrected chi connectivity index (χ2v) is 7.30. The largest absolute Gasteiger partial charge is 0.464 e. The van der Waals surface area contributed by atoms with Crippen LogP contribution in [0.4, 0.5) is 0 Å². The van der Waals surface area contributed by atoms with Crippen molar-refractivity contribution in [2.75, 3.05) is 6.54 Å². The Labute approximate surface area is 150 Å². The van der Waals surface area contributed by atoms with Gasteiger partial charge in [-0.05, 0) is 49.8 Å². The van der Waals surface area contributed by atoms with Crippen molar-refractivity contribution in [1.29, 1.82) is 0 Å². The molecule has 136 valence electrons. The molecule has 0 aromatic carbocycles. The van der Waals surface area contributed by atoms with Crippen LogP contribution in [-0.2, 0) is 24.7 Å². The van der Waals surface area contributed by atoms with E-state index in [1.54, 1.807) is 0 Å². The zero-order valence-corrected chi connectivity index (χ0v) is 15.8. The normalized spacial score (nSPS) is 20.9. The smallest absolute Gasteiger partial charge is 0.223 e. The Kier molecular flexibility index (Phi) is 5.30. The average Bonchev–Trinajstić information content (AvgIpc) is 3.18. The molecule has 0 saturated carbocycles. The number of hydrogen-bond acceptors (Lipinski definition) is 3. The number of likely N-dealkylation sites (tertiary alicyclic amines) is 1. The van der Waals surface area contributed by atoms with Crippen LogP contribution < -0.4 is 0 Å². The number of aryl methyl sites for hydroxylation is 4. The summed E-state index contributed by atoms with van der Waals surface area (Å²) in [5, 5.41) is 4.36. The van der Waals surface area contributed by atoms with Gasteiger partial charge in [-0.1, -0.05) is 13.8 Å². The van der Waals surface area contributed by atoms with Crippen LogP contribution in [0.2, 0.25) is 0 Å². The van der Waals surface area contributed by atoms with Gasteiger partial charge in [0.2, 0.25) is 5.91 Å². The number of rotatable bonds is 5. The molecule has 1 amide bonds. The summed E-state index contributed by atoms with van der Waals surface area (Å²) in [4.78, 5) is 14.9. The first kappa shape index (κ1) is 17.8. The van der Waals surface area contributed by atoms with Crippen molar-refractivity contribution in [3.63, 3.8) is 0 Å². The minimum Gasteiger partial charge on any atom is -0.464 e. The number of piperidine rings is 1. The van der Waals surface area contributed by atoms with Crippen LogP contribution in [0.3, 0.4) is 0 Å². The lowest BCUT2D eigenvalue weighted by atomic mass is 9.90. The molecule has 1 fully saturated rings. The second kappa shape index (κ2) is 7.46. The highest BCUT2D eigenvalue weighted by Gasteiger charge is 2.32. The Bertz CT molecular complexity index is 731. The number of carbonyl (C=O) groups is 1. The molecule has 5 nitrogen and oxygen atoms in total. The molecule has 0 bridgehead atoms. The summed E-state index contributed by atoms with van der Waals surface area (Å²) in [7, 11) is 1.92. The summed E-state index contributed by atoms with van der Waals surface area (Å²) in [6.45, 7) is 7.17. The van der Waals surface area contributed by atoms with E-state index in [0.29, 0.717) is 12.3 Å². The van der Waals surface area contributed by atoms with Crippen molar-refractivity contribution in [1.82, 2.24) is 14.7 Å². The van der Waals surface area contributed by atoms with Gasteiger partial charge < -0.3 is 9.32 Å². The van der Waals surface area contributed by atoms with Gasteiger partial charge in [0, 0.05) is 32.6 Å². The van der Waals surface area contributed by atoms with E-state index in [0.717, 1.165) is 55.0 Å². The molecule has 1 aliphatic heterocycles. The lowest BCUT2D eigenvalue weighted by Crippen LogP contribution is -2.40. The molecule has 3 rings (SSSR count). The van der Waals surface area contributed by atoms with Crippen LogP contribution >= 0.6 is 0 Å². The van der Waals surface area contributed by atoms with Crippen molar-refractivity contribution < 1.29 is 9.21 Å². The summed E-state index contributed by atoms with van der Waals surface area (Å²) in [6, 6.07) is 4.16. The number of carbonyl (C=O) groups excluding carboxylic acids is 1. The number of hydrogen-bond donors (Lipinski definition) is 0. The van der Waals surface area contributed by atoms with Gasteiger partial charge in [-0.25, -0.2) is 0 Å². The minimum atomic E-state index is 0.0755. The minimum absolute atomic E-state index is 0.0755. The predicted molar refractivity (Wildman–Crippen MR) is 97.2 cm³/mol. The summed E-state index contributed by atoms with van der Waals surface area (Å²) in [5.41, 5.74) is 2.17. The fourth-order valence-corrected chi connectivity index (χ4v) is 3.75. The monoisotopic (exact) mass is 343 g/mol. The highest BCUT2D eigenvalue weighted by Crippen LogP contribution is 2.35. The zero-order valence-electron chi connectivity index (χ0n) is 15.8. The van der Waals surface area contributed by atoms with Gasteiger partial charge in [-0.15, -0.1) is 0 Å². The average molecular weight is 343 g/mol. The van der Waals surface area contributed by atoms with Crippen molar-refractivity contribution in [2.45, 2.75) is 58.9 Å². The third kappa shape index (κ3) is 3.97. The third-order valence-electron chi connectivity index (χ3n) is 5.27. The molecule has 25 heavy (non-hydrogen) atoms. The first-order chi connectivity index (χ1) is 12.0. The molecule has 0 N–H and O–H groups in total. The van der Waals surface area contributed by atoms with Crippen LogP contribution in [0, 0.1) is 12.8 Å². The molecule has 2 aromatic heterocycles. The van der Waals surface area contributed by atoms with Gasteiger partial charge in [-0.2, -0.15) is 5.10 Å². The Morgan fingerprint density at radius 1 is 1.40 bits per heavy atom. The molecule has 0 spiro atoms. The van der Waals surface area contributed by atoms with E-state index in [9.17, 15) is 4.79 Å². The van der Waals surface area contributed by atoms with E-state index in [1.807, 2.05) is 41.9 Å². The number of nitrogens with zero attached hydrogens (tertiary/aromatic N) is 3. The van der Waals surface area contributed by atoms with Gasteiger partial charge in [-0.3, -0.25) is 9.48 Å². The molecule has 3 heterocycles. The van der Waals surface area contributed by atoms with Crippen molar-refractivity contribution in [2.24, 2.45) is 13.0 Å². The van der Waals surface area contributed by atoms with Gasteiger partial charge in [0.05, 0.1) is 11.7 Å². The molecule has 2 aromatic rings. The maximum Gasteiger partial charge on any atom is 0.223 e. The van der Waals surface area contributed by atoms with Gasteiger partial charge in [0.25, 0.3) is 0 Å². The molecule has 1 aliphatic rings. The summed E-state index contributed by atoms with van der Waals surface area (Å²) < 4.78 is 7.79. The Balaban J connectivity index is 1.71. The van der Waals surface area contributed by atoms with Crippen molar-refractivity contribution in [3.8, 4) is 0 Å². The highest BCUT2D eigenvalue weighted by atomic mass is 16.3. The van der Waals surface area contributed by atoms with Crippen LogP contribution in [0.5, 0.6) is 0 Å². The zero-order chi connectivity index (χ0) is 18.0. The first-order valence-corrected chi connectivity index (χ1v) is 9.35. The SMILES string of the molecule is CCc1ccc([C@H]2C[C@H](C)CCN2C(=O)CCc2cn(C)nc2C)o1. The summed E-state index contributed by atoms with van der Waals surface area (Å²) >= 11 is 0. The fourth-order valence-electron chi connectivity index (χ4n) is 3.75. The van der Waals surface area contributed by atoms with Crippen LogP contribution in [0.25, 0.3) is 0 Å². The van der Waals surface area contributed by atoms with E-state index in [-0.39, 0.29) is 11.9 Å². The molecule has 0 unspecified atom stereocenters. The van der Waals surface area contributed by atoms with E-state index >= 15 is 0 Å². The van der Waals surface area contributed by atoms with Crippen LogP contribution in [-0.4, -0.2) is 27.1 Å². The third-order valence-corrected chi connectivity index (χ3v) is 5.27. The predicted octanol–water partition coefficient (Wildman–Crippen LogP) is 3.82. The molecule has 2 atom stereocenters. The standard InChI is InChI=1S/C20H29N3O2/c1-5-17-7-8-19(25-17)18-12-14(2)10-11-23(18)20(24)9-6-16-13-22(4)21-15(16)3/h7-8,13-14,18H,5-6,9-12H2,1-4H3/t14-,18-/m1/s1. The maximum atomic E-state index is 12.9. The topological polar surface area (TPSA) is 51.3 Å². The molecule has 5 heteroatoms. The summed E-state index contributed by atoms with van der Waals surface area (Å²) in [6.07, 6.45) is 6.22. The van der Waals surface area contributed by atoms with E-state index in [1.165, 1.54) is 0 Å². The Morgan fingerprint density at radius 3 is 2.84 bits per heavy atom. The second-order valence-electron chi connectivity index (χ2n) is 7.30. The number of amides is 1. The van der Waals surface area contributed by atoms with Gasteiger partial charge >= 0.3 is 0 Å². The highest BCUT2D eigenvalue weighted by molar-refractivity contribution is 5.77. The number of aromatic nitrogens is 2. The fraction of sp³-hybridized carbons (Fsp3) is 0.600. The molecule has 0 aliphatic carbocycles. The molecular weight excluding hydrogens is 314 g/mol. The van der Waals surface area contributed by atoms with Crippen LogP contribution in [0.15, 0.2) is 22.7 Å². The van der Waals surface area contributed by atoms with Gasteiger partial charge in [0.15, 0.2) is 0 Å². The van der Waals surface area contributed by atoms with E-state index in [2.05, 4.69) is 18.9 Å². The maximum absolute atomic E-state index is 12.9. The van der Waals surface area contributed by atoms with Crippen LogP contribution in [0.1, 0.15) is 61.9 Å². The quantitative estimate of drug-likeness (QED) is 0.829. The first-order valence-electron chi connectivity index (χ1n) is 9.35. The Hall–Kier alpha value is -2.04. The lowest BCUT2D eigenvalue weighted by Gasteiger charge is -2.37.